The van der Waals surface area contributed by atoms with Crippen molar-refractivity contribution in [3.63, 3.8) is 0 Å². The number of ether oxygens (including phenoxy) is 1. The van der Waals surface area contributed by atoms with Crippen LogP contribution < -0.4 is 14.5 Å². The number of hydrogen-bond donors (Lipinski definition) is 2. The molecule has 0 unspecified atom stereocenters. The topological polar surface area (TPSA) is 90.3 Å². The predicted octanol–water partition coefficient (Wildman–Crippen LogP) is 6.08. The third-order valence-corrected chi connectivity index (χ3v) is 7.74. The summed E-state index contributed by atoms with van der Waals surface area (Å²) in [6.07, 6.45) is 4.01. The Kier molecular flexibility index (Phi) is 6.91. The van der Waals surface area contributed by atoms with Crippen molar-refractivity contribution < 1.29 is 24.5 Å². The normalized spacial score (nSPS) is 18.5. The molecule has 2 N–H and O–H groups in total. The van der Waals surface area contributed by atoms with Crippen LogP contribution in [0.5, 0.6) is 11.5 Å². The van der Waals surface area contributed by atoms with Gasteiger partial charge in [-0.2, -0.15) is 0 Å². The van der Waals surface area contributed by atoms with Crippen LogP contribution in [0.2, 0.25) is 0 Å². The standard InChI is InChI=1S/C34H30N2O5/c1-23(10-8-9-21-37)34(40)27-12-3-4-13-28(27)35(33(34)39)22-24-17-19-25(20-18-24)36-29-14-5-7-16-31(29)41-30-15-6-2-11-26(30)32(36)38/h2-8,10-20,23,37,40H,9,21-22H2,1H3/b10-8+/t23-,34+/m1/s1. The third kappa shape index (κ3) is 4.49. The number of rotatable bonds is 7. The highest BCUT2D eigenvalue weighted by atomic mass is 16.5. The zero-order valence-corrected chi connectivity index (χ0v) is 22.6. The number of carbonyl (C=O) groups is 2. The van der Waals surface area contributed by atoms with E-state index in [2.05, 4.69) is 0 Å². The van der Waals surface area contributed by atoms with E-state index in [9.17, 15) is 14.7 Å². The molecule has 41 heavy (non-hydrogen) atoms. The van der Waals surface area contributed by atoms with Crippen LogP contribution in [0.3, 0.4) is 0 Å². The van der Waals surface area contributed by atoms with Crippen LogP contribution in [0.1, 0.15) is 34.8 Å². The first-order chi connectivity index (χ1) is 19.9. The van der Waals surface area contributed by atoms with E-state index in [1.54, 1.807) is 47.1 Å². The Labute approximate surface area is 238 Å². The number of fused-ring (bicyclic) bond motifs is 3. The Morgan fingerprint density at radius 2 is 1.51 bits per heavy atom. The lowest BCUT2D eigenvalue weighted by molar-refractivity contribution is -0.139. The van der Waals surface area contributed by atoms with Crippen LogP contribution in [0, 0.1) is 5.92 Å². The summed E-state index contributed by atoms with van der Waals surface area (Å²) in [5.41, 5.74) is 2.13. The Morgan fingerprint density at radius 1 is 0.854 bits per heavy atom. The molecule has 206 valence electrons. The van der Waals surface area contributed by atoms with E-state index in [4.69, 9.17) is 9.84 Å². The summed E-state index contributed by atoms with van der Waals surface area (Å²) in [7, 11) is 0. The van der Waals surface area contributed by atoms with Gasteiger partial charge in [-0.3, -0.25) is 14.5 Å². The largest absolute Gasteiger partial charge is 0.454 e. The molecule has 2 amide bonds. The first-order valence-electron chi connectivity index (χ1n) is 13.6. The minimum Gasteiger partial charge on any atom is -0.454 e. The molecule has 0 fully saturated rings. The van der Waals surface area contributed by atoms with E-state index in [-0.39, 0.29) is 19.1 Å². The quantitative estimate of drug-likeness (QED) is 0.274. The van der Waals surface area contributed by atoms with E-state index in [1.807, 2.05) is 78.9 Å². The SMILES string of the molecule is C[C@H](/C=C/CCO)[C@@]1(O)C(=O)N(Cc2ccc(N3C(=O)c4ccccc4Oc4ccccc43)cc2)c2ccccc21. The number of para-hydroxylation sites is 4. The molecule has 0 aromatic heterocycles. The Morgan fingerprint density at radius 3 is 2.27 bits per heavy atom. The molecule has 0 saturated heterocycles. The molecular weight excluding hydrogens is 516 g/mol. The van der Waals surface area contributed by atoms with Gasteiger partial charge in [-0.1, -0.05) is 73.7 Å². The van der Waals surface area contributed by atoms with Gasteiger partial charge in [0.25, 0.3) is 11.8 Å². The van der Waals surface area contributed by atoms with Crippen molar-refractivity contribution >= 4 is 28.9 Å². The maximum atomic E-state index is 13.7. The number of carbonyl (C=O) groups excluding carboxylic acids is 2. The molecule has 0 saturated carbocycles. The number of hydrogen-bond acceptors (Lipinski definition) is 5. The lowest BCUT2D eigenvalue weighted by Crippen LogP contribution is -2.44. The summed E-state index contributed by atoms with van der Waals surface area (Å²) in [4.78, 5) is 30.7. The zero-order valence-electron chi connectivity index (χ0n) is 22.6. The van der Waals surface area contributed by atoms with Crippen molar-refractivity contribution in [1.29, 1.82) is 0 Å². The first kappa shape index (κ1) is 26.5. The Balaban J connectivity index is 1.31. The maximum absolute atomic E-state index is 13.7. The van der Waals surface area contributed by atoms with E-state index in [1.165, 1.54) is 0 Å². The van der Waals surface area contributed by atoms with Crippen molar-refractivity contribution in [3.05, 3.63) is 126 Å². The second kappa shape index (κ2) is 10.7. The molecule has 2 aliphatic heterocycles. The average molecular weight is 547 g/mol. The summed E-state index contributed by atoms with van der Waals surface area (Å²) in [6.45, 7) is 2.06. The number of benzene rings is 4. The molecule has 7 heteroatoms. The highest BCUT2D eigenvalue weighted by Crippen LogP contribution is 2.46. The van der Waals surface area contributed by atoms with Gasteiger partial charge in [0, 0.05) is 23.8 Å². The molecule has 0 aliphatic carbocycles. The molecule has 2 atom stereocenters. The highest BCUT2D eigenvalue weighted by molar-refractivity contribution is 6.14. The van der Waals surface area contributed by atoms with Crippen LogP contribution in [0.15, 0.2) is 109 Å². The Bertz CT molecular complexity index is 1650. The molecular formula is C34H30N2O5. The summed E-state index contributed by atoms with van der Waals surface area (Å²) < 4.78 is 6.10. The molecule has 6 rings (SSSR count). The van der Waals surface area contributed by atoms with Gasteiger partial charge in [0.1, 0.15) is 5.75 Å². The predicted molar refractivity (Wildman–Crippen MR) is 157 cm³/mol. The summed E-state index contributed by atoms with van der Waals surface area (Å²) in [5.74, 6) is -0.00219. The minimum absolute atomic E-state index is 0.00243. The molecule has 2 heterocycles. The van der Waals surface area contributed by atoms with Gasteiger partial charge in [-0.15, -0.1) is 0 Å². The molecule has 4 aromatic carbocycles. The zero-order chi connectivity index (χ0) is 28.6. The van der Waals surface area contributed by atoms with Crippen LogP contribution in [-0.2, 0) is 16.9 Å². The molecule has 0 bridgehead atoms. The van der Waals surface area contributed by atoms with Crippen molar-refractivity contribution in [2.24, 2.45) is 5.92 Å². The van der Waals surface area contributed by atoms with E-state index < -0.39 is 17.4 Å². The van der Waals surface area contributed by atoms with Gasteiger partial charge in [0.15, 0.2) is 11.4 Å². The third-order valence-electron chi connectivity index (χ3n) is 7.74. The van der Waals surface area contributed by atoms with Gasteiger partial charge in [0.05, 0.1) is 23.5 Å². The fourth-order valence-electron chi connectivity index (χ4n) is 5.57. The van der Waals surface area contributed by atoms with Crippen LogP contribution in [-0.4, -0.2) is 28.6 Å². The van der Waals surface area contributed by atoms with Gasteiger partial charge in [-0.25, -0.2) is 0 Å². The van der Waals surface area contributed by atoms with Crippen molar-refractivity contribution in [2.75, 3.05) is 16.4 Å². The Hall–Kier alpha value is -4.72. The van der Waals surface area contributed by atoms with Crippen LogP contribution in [0.4, 0.5) is 17.1 Å². The first-order valence-corrected chi connectivity index (χ1v) is 13.6. The lowest BCUT2D eigenvalue weighted by atomic mass is 9.83. The van der Waals surface area contributed by atoms with E-state index in [0.717, 1.165) is 5.56 Å². The second-order valence-electron chi connectivity index (χ2n) is 10.3. The molecule has 0 radical (unpaired) electrons. The smallest absolute Gasteiger partial charge is 0.266 e. The van der Waals surface area contributed by atoms with Gasteiger partial charge in [-0.05, 0) is 54.4 Å². The van der Waals surface area contributed by atoms with Gasteiger partial charge >= 0.3 is 0 Å². The van der Waals surface area contributed by atoms with E-state index >= 15 is 0 Å². The summed E-state index contributed by atoms with van der Waals surface area (Å²) >= 11 is 0. The highest BCUT2D eigenvalue weighted by Gasteiger charge is 2.52. The monoisotopic (exact) mass is 546 g/mol. The molecule has 4 aromatic rings. The van der Waals surface area contributed by atoms with Gasteiger partial charge in [0.2, 0.25) is 0 Å². The van der Waals surface area contributed by atoms with Gasteiger partial charge < -0.3 is 19.8 Å². The van der Waals surface area contributed by atoms with Crippen molar-refractivity contribution in [1.82, 2.24) is 0 Å². The average Bonchev–Trinajstić information content (AvgIpc) is 3.13. The number of aliphatic hydroxyl groups is 2. The minimum atomic E-state index is -1.71. The molecule has 0 spiro atoms. The molecule has 7 nitrogen and oxygen atoms in total. The molecule has 2 aliphatic rings. The van der Waals surface area contributed by atoms with Crippen LogP contribution >= 0.6 is 0 Å². The lowest BCUT2D eigenvalue weighted by Gasteiger charge is -2.28. The van der Waals surface area contributed by atoms with Crippen molar-refractivity contribution in [3.8, 4) is 11.5 Å². The maximum Gasteiger partial charge on any atom is 0.266 e. The number of aliphatic hydroxyl groups excluding tert-OH is 1. The van der Waals surface area contributed by atoms with Crippen LogP contribution in [0.25, 0.3) is 0 Å². The fraction of sp³-hybridized carbons (Fsp3) is 0.176. The van der Waals surface area contributed by atoms with E-state index in [0.29, 0.717) is 46.1 Å². The number of nitrogens with zero attached hydrogens (tertiary/aromatic N) is 2. The van der Waals surface area contributed by atoms with Crippen molar-refractivity contribution in [2.45, 2.75) is 25.5 Å². The summed E-state index contributed by atoms with van der Waals surface area (Å²) in [5, 5.41) is 20.8. The fourth-order valence-corrected chi connectivity index (χ4v) is 5.57. The number of anilines is 3. The second-order valence-corrected chi connectivity index (χ2v) is 10.3. The summed E-state index contributed by atoms with van der Waals surface area (Å²) in [6, 6.07) is 29.4. The number of amides is 2.